The lowest BCUT2D eigenvalue weighted by atomic mass is 10.1. The molecule has 0 unspecified atom stereocenters. The number of amides is 2. The van der Waals surface area contributed by atoms with Crippen molar-refractivity contribution in [2.45, 2.75) is 0 Å². The third-order valence-corrected chi connectivity index (χ3v) is 3.51. The molecule has 0 aliphatic heterocycles. The molecule has 0 radical (unpaired) electrons. The molecule has 4 N–H and O–H groups in total. The zero-order chi connectivity index (χ0) is 17.1. The van der Waals surface area contributed by atoms with E-state index in [-0.39, 0.29) is 22.6 Å². The summed E-state index contributed by atoms with van der Waals surface area (Å²) in [6.45, 7) is 0. The van der Waals surface area contributed by atoms with Crippen molar-refractivity contribution in [3.63, 3.8) is 0 Å². The Balaban J connectivity index is 1.75. The fourth-order valence-corrected chi connectivity index (χ4v) is 2.31. The Hall–Kier alpha value is -3.54. The van der Waals surface area contributed by atoms with E-state index in [1.54, 1.807) is 6.07 Å². The molecule has 0 saturated heterocycles. The summed E-state index contributed by atoms with van der Waals surface area (Å²) < 4.78 is 0. The van der Waals surface area contributed by atoms with Crippen molar-refractivity contribution in [3.8, 4) is 11.5 Å². The first-order valence-electron chi connectivity index (χ1n) is 7.16. The van der Waals surface area contributed by atoms with E-state index < -0.39 is 11.8 Å². The summed E-state index contributed by atoms with van der Waals surface area (Å²) in [5.74, 6) is -1.47. The molecule has 0 heterocycles. The van der Waals surface area contributed by atoms with Gasteiger partial charge in [-0.2, -0.15) is 0 Å². The molecule has 6 heteroatoms. The number of phenols is 2. The molecule has 0 saturated carbocycles. The summed E-state index contributed by atoms with van der Waals surface area (Å²) in [4.78, 5) is 24.1. The number of aromatic hydroxyl groups is 2. The van der Waals surface area contributed by atoms with Gasteiger partial charge in [-0.1, -0.05) is 30.3 Å². The summed E-state index contributed by atoms with van der Waals surface area (Å²) in [5, 5.41) is 20.9. The van der Waals surface area contributed by atoms with Crippen LogP contribution in [0, 0.1) is 0 Å². The van der Waals surface area contributed by atoms with Crippen LogP contribution in [0.25, 0.3) is 10.8 Å². The standard InChI is InChI=1S/C18H14N2O4/c21-14-7-3-6-13(8-14)17(23)19-20-18(24)15-9-11-4-1-2-5-12(11)10-16(15)22/h1-10,21-22H,(H,19,23)(H,20,24). The van der Waals surface area contributed by atoms with Crippen molar-refractivity contribution < 1.29 is 19.8 Å². The average Bonchev–Trinajstić information content (AvgIpc) is 2.58. The van der Waals surface area contributed by atoms with Gasteiger partial charge in [0.05, 0.1) is 5.56 Å². The average molecular weight is 322 g/mol. The van der Waals surface area contributed by atoms with Crippen LogP contribution >= 0.6 is 0 Å². The topological polar surface area (TPSA) is 98.7 Å². The number of phenolic OH excluding ortho intramolecular Hbond substituents is 2. The highest BCUT2D eigenvalue weighted by atomic mass is 16.3. The van der Waals surface area contributed by atoms with Gasteiger partial charge < -0.3 is 10.2 Å². The molecule has 0 bridgehead atoms. The van der Waals surface area contributed by atoms with Gasteiger partial charge in [0.1, 0.15) is 11.5 Å². The molecule has 3 aromatic rings. The Morgan fingerprint density at radius 2 is 1.42 bits per heavy atom. The van der Waals surface area contributed by atoms with Gasteiger partial charge >= 0.3 is 0 Å². The van der Waals surface area contributed by atoms with E-state index in [0.717, 1.165) is 10.8 Å². The molecule has 0 atom stereocenters. The number of fused-ring (bicyclic) bond motifs is 1. The molecule has 0 fully saturated rings. The molecule has 120 valence electrons. The Morgan fingerprint density at radius 1 is 0.750 bits per heavy atom. The fraction of sp³-hybridized carbons (Fsp3) is 0. The second-order valence-electron chi connectivity index (χ2n) is 5.18. The third kappa shape index (κ3) is 3.12. The summed E-state index contributed by atoms with van der Waals surface area (Å²) in [7, 11) is 0. The van der Waals surface area contributed by atoms with Crippen LogP contribution in [0.15, 0.2) is 60.7 Å². The molecule has 3 aromatic carbocycles. The maximum Gasteiger partial charge on any atom is 0.273 e. The maximum absolute atomic E-state index is 12.2. The minimum atomic E-state index is -0.647. The van der Waals surface area contributed by atoms with Crippen LogP contribution in [0.4, 0.5) is 0 Å². The van der Waals surface area contributed by atoms with Crippen LogP contribution in [0.3, 0.4) is 0 Å². The number of benzene rings is 3. The van der Waals surface area contributed by atoms with Gasteiger partial charge in [-0.15, -0.1) is 0 Å². The van der Waals surface area contributed by atoms with Gasteiger partial charge in [-0.05, 0) is 41.1 Å². The summed E-state index contributed by atoms with van der Waals surface area (Å²) in [5.41, 5.74) is 4.72. The molecular formula is C18H14N2O4. The highest BCUT2D eigenvalue weighted by Gasteiger charge is 2.14. The lowest BCUT2D eigenvalue weighted by Crippen LogP contribution is -2.41. The molecule has 0 aliphatic rings. The van der Waals surface area contributed by atoms with Crippen molar-refractivity contribution in [1.29, 1.82) is 0 Å². The summed E-state index contributed by atoms with van der Waals surface area (Å²) in [6, 6.07) is 16.0. The smallest absolute Gasteiger partial charge is 0.273 e. The lowest BCUT2D eigenvalue weighted by Gasteiger charge is -2.10. The number of nitrogens with one attached hydrogen (secondary N) is 2. The van der Waals surface area contributed by atoms with Gasteiger partial charge in [-0.25, -0.2) is 0 Å². The van der Waals surface area contributed by atoms with Crippen LogP contribution in [0.5, 0.6) is 11.5 Å². The van der Waals surface area contributed by atoms with E-state index >= 15 is 0 Å². The van der Waals surface area contributed by atoms with E-state index in [2.05, 4.69) is 10.9 Å². The van der Waals surface area contributed by atoms with Crippen molar-refractivity contribution in [3.05, 3.63) is 71.8 Å². The van der Waals surface area contributed by atoms with E-state index in [9.17, 15) is 19.8 Å². The van der Waals surface area contributed by atoms with E-state index in [0.29, 0.717) is 0 Å². The summed E-state index contributed by atoms with van der Waals surface area (Å²) >= 11 is 0. The highest BCUT2D eigenvalue weighted by Crippen LogP contribution is 2.24. The molecule has 24 heavy (non-hydrogen) atoms. The number of hydrogen-bond acceptors (Lipinski definition) is 4. The lowest BCUT2D eigenvalue weighted by molar-refractivity contribution is 0.0845. The van der Waals surface area contributed by atoms with Crippen LogP contribution < -0.4 is 10.9 Å². The minimum Gasteiger partial charge on any atom is -0.508 e. The van der Waals surface area contributed by atoms with Crippen molar-refractivity contribution in [2.24, 2.45) is 0 Å². The Labute approximate surface area is 137 Å². The van der Waals surface area contributed by atoms with Gasteiger partial charge in [0.2, 0.25) is 0 Å². The first-order valence-corrected chi connectivity index (χ1v) is 7.16. The largest absolute Gasteiger partial charge is 0.508 e. The highest BCUT2D eigenvalue weighted by molar-refractivity contribution is 6.03. The predicted octanol–water partition coefficient (Wildman–Crippen LogP) is 2.33. The van der Waals surface area contributed by atoms with Crippen molar-refractivity contribution in [1.82, 2.24) is 10.9 Å². The van der Waals surface area contributed by atoms with Gasteiger partial charge in [0.15, 0.2) is 0 Å². The Bertz CT molecular complexity index is 937. The number of carbonyl (C=O) groups excluding carboxylic acids is 2. The number of hydrogen-bond donors (Lipinski definition) is 4. The van der Waals surface area contributed by atoms with Crippen molar-refractivity contribution in [2.75, 3.05) is 0 Å². The Morgan fingerprint density at radius 3 is 2.12 bits per heavy atom. The van der Waals surface area contributed by atoms with Crippen LogP contribution in [0.1, 0.15) is 20.7 Å². The van der Waals surface area contributed by atoms with E-state index in [4.69, 9.17) is 0 Å². The SMILES string of the molecule is O=C(NNC(=O)c1cc2ccccc2cc1O)c1cccc(O)c1. The zero-order valence-corrected chi connectivity index (χ0v) is 12.5. The first kappa shape index (κ1) is 15.4. The zero-order valence-electron chi connectivity index (χ0n) is 12.5. The molecular weight excluding hydrogens is 308 g/mol. The van der Waals surface area contributed by atoms with Crippen LogP contribution in [-0.2, 0) is 0 Å². The minimum absolute atomic E-state index is 0.0462. The Kier molecular flexibility index (Phi) is 4.03. The normalized spacial score (nSPS) is 10.3. The maximum atomic E-state index is 12.2. The number of carbonyl (C=O) groups is 2. The molecule has 3 rings (SSSR count). The predicted molar refractivity (Wildman–Crippen MR) is 88.7 cm³/mol. The van der Waals surface area contributed by atoms with Gasteiger partial charge in [0, 0.05) is 5.56 Å². The van der Waals surface area contributed by atoms with Crippen LogP contribution in [0.2, 0.25) is 0 Å². The molecule has 6 nitrogen and oxygen atoms in total. The number of hydrazine groups is 1. The first-order chi connectivity index (χ1) is 11.5. The van der Waals surface area contributed by atoms with Crippen LogP contribution in [-0.4, -0.2) is 22.0 Å². The number of rotatable bonds is 2. The molecule has 0 spiro atoms. The van der Waals surface area contributed by atoms with E-state index in [1.807, 2.05) is 24.3 Å². The molecule has 0 aromatic heterocycles. The molecule has 0 aliphatic carbocycles. The second kappa shape index (κ2) is 6.29. The van der Waals surface area contributed by atoms with Gasteiger partial charge in [0.25, 0.3) is 11.8 Å². The third-order valence-electron chi connectivity index (χ3n) is 3.51. The van der Waals surface area contributed by atoms with Gasteiger partial charge in [-0.3, -0.25) is 20.4 Å². The fourth-order valence-electron chi connectivity index (χ4n) is 2.31. The van der Waals surface area contributed by atoms with Crippen molar-refractivity contribution >= 4 is 22.6 Å². The second-order valence-corrected chi connectivity index (χ2v) is 5.18. The quantitative estimate of drug-likeness (QED) is 0.544. The monoisotopic (exact) mass is 322 g/mol. The summed E-state index contributed by atoms with van der Waals surface area (Å²) in [6.07, 6.45) is 0. The van der Waals surface area contributed by atoms with E-state index in [1.165, 1.54) is 30.3 Å². The molecule has 2 amide bonds.